The lowest BCUT2D eigenvalue weighted by Crippen LogP contribution is -2.49. The fourth-order valence-corrected chi connectivity index (χ4v) is 5.41. The van der Waals surface area contributed by atoms with Gasteiger partial charge in [0.05, 0.1) is 10.9 Å². The lowest BCUT2D eigenvalue weighted by atomic mass is 9.96. The molecular formula is C26H29N3O3S. The second kappa shape index (κ2) is 10.3. The Labute approximate surface area is 195 Å². The van der Waals surface area contributed by atoms with Crippen LogP contribution < -0.4 is 4.72 Å². The molecule has 0 saturated carbocycles. The largest absolute Gasteiger partial charge is 0.336 e. The number of benzene rings is 3. The van der Waals surface area contributed by atoms with Crippen LogP contribution in [0, 0.1) is 0 Å². The molecule has 33 heavy (non-hydrogen) atoms. The highest BCUT2D eigenvalue weighted by Gasteiger charge is 2.29. The molecule has 1 fully saturated rings. The van der Waals surface area contributed by atoms with Crippen LogP contribution >= 0.6 is 0 Å². The van der Waals surface area contributed by atoms with Crippen LogP contribution in [0.25, 0.3) is 0 Å². The molecule has 1 amide bonds. The molecule has 0 atom stereocenters. The lowest BCUT2D eigenvalue weighted by molar-refractivity contribution is 0.0597. The number of carbonyl (C=O) groups excluding carboxylic acids is 1. The van der Waals surface area contributed by atoms with Gasteiger partial charge in [0.2, 0.25) is 10.0 Å². The zero-order valence-electron chi connectivity index (χ0n) is 18.7. The molecule has 0 aromatic heterocycles. The first-order chi connectivity index (χ1) is 16.0. The molecule has 1 N–H and O–H groups in total. The number of nitrogens with one attached hydrogen (secondary N) is 1. The molecule has 4 rings (SSSR count). The summed E-state index contributed by atoms with van der Waals surface area (Å²) in [7, 11) is -3.61. The maximum Gasteiger partial charge on any atom is 0.253 e. The molecule has 1 saturated heterocycles. The average molecular weight is 464 g/mol. The molecule has 0 spiro atoms. The summed E-state index contributed by atoms with van der Waals surface area (Å²) in [6.07, 6.45) is 0. The van der Waals surface area contributed by atoms with Crippen molar-refractivity contribution in [1.29, 1.82) is 0 Å². The van der Waals surface area contributed by atoms with Gasteiger partial charge in [0.15, 0.2) is 0 Å². The van der Waals surface area contributed by atoms with E-state index in [1.807, 2.05) is 17.0 Å². The van der Waals surface area contributed by atoms with Crippen molar-refractivity contribution in [1.82, 2.24) is 14.5 Å². The van der Waals surface area contributed by atoms with Gasteiger partial charge in [0, 0.05) is 38.3 Å². The molecule has 1 aliphatic heterocycles. The van der Waals surface area contributed by atoms with Crippen molar-refractivity contribution in [2.24, 2.45) is 0 Å². The minimum Gasteiger partial charge on any atom is -0.336 e. The van der Waals surface area contributed by atoms with Crippen molar-refractivity contribution in [3.05, 3.63) is 102 Å². The van der Waals surface area contributed by atoms with E-state index in [-0.39, 0.29) is 16.8 Å². The van der Waals surface area contributed by atoms with Gasteiger partial charge in [0.25, 0.3) is 5.91 Å². The first kappa shape index (κ1) is 23.2. The normalized spacial score (nSPS) is 15.0. The maximum absolute atomic E-state index is 13.1. The summed E-state index contributed by atoms with van der Waals surface area (Å²) in [6, 6.07) is 27.2. The first-order valence-electron chi connectivity index (χ1n) is 11.2. The van der Waals surface area contributed by atoms with Gasteiger partial charge in [-0.25, -0.2) is 13.1 Å². The van der Waals surface area contributed by atoms with Crippen molar-refractivity contribution in [2.45, 2.75) is 17.9 Å². The van der Waals surface area contributed by atoms with Gasteiger partial charge < -0.3 is 4.90 Å². The molecule has 172 valence electrons. The first-order valence-corrected chi connectivity index (χ1v) is 12.7. The average Bonchev–Trinajstić information content (AvgIpc) is 2.86. The van der Waals surface area contributed by atoms with Crippen LogP contribution in [0.5, 0.6) is 0 Å². The van der Waals surface area contributed by atoms with Crippen LogP contribution in [0.3, 0.4) is 0 Å². The monoisotopic (exact) mass is 463 g/mol. The molecular weight excluding hydrogens is 434 g/mol. The molecule has 0 unspecified atom stereocenters. The van der Waals surface area contributed by atoms with Gasteiger partial charge in [-0.1, -0.05) is 73.7 Å². The van der Waals surface area contributed by atoms with Gasteiger partial charge >= 0.3 is 0 Å². The summed E-state index contributed by atoms with van der Waals surface area (Å²) in [4.78, 5) is 17.5. The minimum atomic E-state index is -3.61. The molecule has 0 radical (unpaired) electrons. The SMILES string of the molecule is CCNS(=O)(=O)c1cccc(C(=O)N2CCN(C(c3ccccc3)c3ccccc3)CC2)c1. The van der Waals surface area contributed by atoms with Crippen LogP contribution in [0.15, 0.2) is 89.8 Å². The van der Waals surface area contributed by atoms with E-state index in [1.54, 1.807) is 19.1 Å². The number of hydrogen-bond donors (Lipinski definition) is 1. The van der Waals surface area contributed by atoms with E-state index in [0.717, 1.165) is 13.1 Å². The zero-order valence-corrected chi connectivity index (χ0v) is 19.5. The van der Waals surface area contributed by atoms with Crippen molar-refractivity contribution >= 4 is 15.9 Å². The number of amides is 1. The molecule has 7 heteroatoms. The fourth-order valence-electron chi connectivity index (χ4n) is 4.32. The van der Waals surface area contributed by atoms with Gasteiger partial charge in [-0.3, -0.25) is 9.69 Å². The third-order valence-corrected chi connectivity index (χ3v) is 7.47. The van der Waals surface area contributed by atoms with E-state index in [9.17, 15) is 13.2 Å². The van der Waals surface area contributed by atoms with Crippen molar-refractivity contribution in [2.75, 3.05) is 32.7 Å². The highest BCUT2D eigenvalue weighted by Crippen LogP contribution is 2.29. The summed E-state index contributed by atoms with van der Waals surface area (Å²) >= 11 is 0. The predicted octanol–water partition coefficient (Wildman–Crippen LogP) is 3.53. The number of carbonyl (C=O) groups is 1. The molecule has 6 nitrogen and oxygen atoms in total. The minimum absolute atomic E-state index is 0.113. The molecule has 3 aromatic rings. The Morgan fingerprint density at radius 2 is 1.42 bits per heavy atom. The van der Waals surface area contributed by atoms with Crippen LogP contribution in [0.1, 0.15) is 34.5 Å². The summed E-state index contributed by atoms with van der Waals surface area (Å²) in [5.41, 5.74) is 2.85. The zero-order chi connectivity index (χ0) is 23.3. The fraction of sp³-hybridized carbons (Fsp3) is 0.269. The van der Waals surface area contributed by atoms with Crippen molar-refractivity contribution in [3.63, 3.8) is 0 Å². The Balaban J connectivity index is 1.50. The van der Waals surface area contributed by atoms with E-state index < -0.39 is 10.0 Å². The third kappa shape index (κ3) is 5.33. The summed E-state index contributed by atoms with van der Waals surface area (Å²) < 4.78 is 27.1. The number of hydrogen-bond acceptors (Lipinski definition) is 4. The second-order valence-electron chi connectivity index (χ2n) is 8.08. The van der Waals surface area contributed by atoms with E-state index >= 15 is 0 Å². The number of sulfonamides is 1. The molecule has 3 aromatic carbocycles. The molecule has 0 aliphatic carbocycles. The van der Waals surface area contributed by atoms with E-state index in [2.05, 4.69) is 58.2 Å². The summed E-state index contributed by atoms with van der Waals surface area (Å²) in [5, 5.41) is 0. The van der Waals surface area contributed by atoms with Gasteiger partial charge in [-0.2, -0.15) is 0 Å². The number of piperazine rings is 1. The predicted molar refractivity (Wildman–Crippen MR) is 130 cm³/mol. The van der Waals surface area contributed by atoms with Crippen LogP contribution in [0.2, 0.25) is 0 Å². The Morgan fingerprint density at radius 3 is 1.97 bits per heavy atom. The number of nitrogens with zero attached hydrogens (tertiary/aromatic N) is 2. The quantitative estimate of drug-likeness (QED) is 0.582. The topological polar surface area (TPSA) is 69.7 Å². The van der Waals surface area contributed by atoms with E-state index in [1.165, 1.54) is 23.3 Å². The van der Waals surface area contributed by atoms with Gasteiger partial charge in [-0.15, -0.1) is 0 Å². The smallest absolute Gasteiger partial charge is 0.253 e. The van der Waals surface area contributed by atoms with Crippen LogP contribution in [-0.2, 0) is 10.0 Å². The third-order valence-electron chi connectivity index (χ3n) is 5.92. The Hall–Kier alpha value is -3.00. The summed E-state index contributed by atoms with van der Waals surface area (Å²) in [6.45, 7) is 4.65. The molecule has 0 bridgehead atoms. The van der Waals surface area contributed by atoms with Gasteiger partial charge in [0.1, 0.15) is 0 Å². The van der Waals surface area contributed by atoms with E-state index in [4.69, 9.17) is 0 Å². The standard InChI is InChI=1S/C26H29N3O3S/c1-2-27-33(31,32)24-15-9-14-23(20-24)26(30)29-18-16-28(17-19-29)25(21-10-5-3-6-11-21)22-12-7-4-8-13-22/h3-15,20,25,27H,2,16-19H2,1H3. The lowest BCUT2D eigenvalue weighted by Gasteiger charge is -2.39. The van der Waals surface area contributed by atoms with Crippen LogP contribution in [-0.4, -0.2) is 56.8 Å². The Bertz CT molecular complexity index is 1140. The Morgan fingerprint density at radius 1 is 0.848 bits per heavy atom. The summed E-state index contributed by atoms with van der Waals surface area (Å²) in [5.74, 6) is -0.140. The molecule has 1 heterocycles. The van der Waals surface area contributed by atoms with E-state index in [0.29, 0.717) is 25.2 Å². The highest BCUT2D eigenvalue weighted by atomic mass is 32.2. The Kier molecular flexibility index (Phi) is 7.23. The maximum atomic E-state index is 13.1. The van der Waals surface area contributed by atoms with Crippen LogP contribution in [0.4, 0.5) is 0 Å². The van der Waals surface area contributed by atoms with Crippen molar-refractivity contribution < 1.29 is 13.2 Å². The van der Waals surface area contributed by atoms with Crippen molar-refractivity contribution in [3.8, 4) is 0 Å². The molecule has 1 aliphatic rings. The van der Waals surface area contributed by atoms with Gasteiger partial charge in [-0.05, 0) is 29.3 Å². The second-order valence-corrected chi connectivity index (χ2v) is 9.85. The highest BCUT2D eigenvalue weighted by molar-refractivity contribution is 7.89. The number of rotatable bonds is 7.